The van der Waals surface area contributed by atoms with Crippen LogP contribution in [0.15, 0.2) is 58.0 Å². The summed E-state index contributed by atoms with van der Waals surface area (Å²) in [6.45, 7) is 4.06. The second kappa shape index (κ2) is 8.42. The van der Waals surface area contributed by atoms with Crippen LogP contribution >= 0.6 is 23.2 Å². The Bertz CT molecular complexity index is 1010. The van der Waals surface area contributed by atoms with Crippen molar-refractivity contribution in [1.82, 2.24) is 5.43 Å². The molecule has 1 aromatic heterocycles. The lowest BCUT2D eigenvalue weighted by Gasteiger charge is -2.04. The van der Waals surface area contributed by atoms with E-state index in [4.69, 9.17) is 27.6 Å². The van der Waals surface area contributed by atoms with Crippen molar-refractivity contribution in [2.24, 2.45) is 5.10 Å². The van der Waals surface area contributed by atoms with Gasteiger partial charge >= 0.3 is 0 Å². The zero-order chi connectivity index (χ0) is 19.4. The van der Waals surface area contributed by atoms with Crippen molar-refractivity contribution in [2.45, 2.75) is 20.3 Å². The molecule has 0 aliphatic heterocycles. The average molecular weight is 401 g/mol. The van der Waals surface area contributed by atoms with Crippen molar-refractivity contribution in [3.63, 3.8) is 0 Å². The second-order valence-electron chi connectivity index (χ2n) is 6.19. The van der Waals surface area contributed by atoms with Gasteiger partial charge < -0.3 is 4.42 Å². The highest BCUT2D eigenvalue weighted by Crippen LogP contribution is 2.34. The highest BCUT2D eigenvalue weighted by molar-refractivity contribution is 6.43. The van der Waals surface area contributed by atoms with Crippen molar-refractivity contribution < 1.29 is 9.21 Å². The van der Waals surface area contributed by atoms with Crippen LogP contribution in [0.4, 0.5) is 0 Å². The summed E-state index contributed by atoms with van der Waals surface area (Å²) in [7, 11) is 0. The maximum Gasteiger partial charge on any atom is 0.244 e. The number of hydrogen-bond acceptors (Lipinski definition) is 3. The van der Waals surface area contributed by atoms with Gasteiger partial charge in [0.2, 0.25) is 5.91 Å². The van der Waals surface area contributed by atoms with E-state index in [1.807, 2.05) is 38.1 Å². The summed E-state index contributed by atoms with van der Waals surface area (Å²) in [5.41, 5.74) is 6.51. The molecular weight excluding hydrogens is 383 g/mol. The Balaban J connectivity index is 1.61. The Morgan fingerprint density at radius 1 is 1.11 bits per heavy atom. The molecule has 3 aromatic rings. The lowest BCUT2D eigenvalue weighted by Crippen LogP contribution is -2.19. The van der Waals surface area contributed by atoms with E-state index >= 15 is 0 Å². The molecule has 27 heavy (non-hydrogen) atoms. The summed E-state index contributed by atoms with van der Waals surface area (Å²) in [5, 5.41) is 4.83. The first-order chi connectivity index (χ1) is 12.9. The molecule has 0 aliphatic rings. The third-order valence-electron chi connectivity index (χ3n) is 4.16. The van der Waals surface area contributed by atoms with E-state index in [9.17, 15) is 4.79 Å². The first-order valence-electron chi connectivity index (χ1n) is 8.36. The second-order valence-corrected chi connectivity index (χ2v) is 6.98. The topological polar surface area (TPSA) is 54.6 Å². The fourth-order valence-corrected chi connectivity index (χ4v) is 2.96. The third-order valence-corrected chi connectivity index (χ3v) is 4.98. The number of hydrogen-bond donors (Lipinski definition) is 1. The van der Waals surface area contributed by atoms with Gasteiger partial charge in [0.05, 0.1) is 22.7 Å². The highest BCUT2D eigenvalue weighted by atomic mass is 35.5. The molecule has 4 nitrogen and oxygen atoms in total. The lowest BCUT2D eigenvalue weighted by molar-refractivity contribution is -0.120. The van der Waals surface area contributed by atoms with Crippen LogP contribution in [0.5, 0.6) is 0 Å². The van der Waals surface area contributed by atoms with Crippen LogP contribution in [0.25, 0.3) is 11.3 Å². The molecule has 0 saturated heterocycles. The fraction of sp³-hybridized carbons (Fsp3) is 0.143. The Morgan fingerprint density at radius 3 is 2.70 bits per heavy atom. The van der Waals surface area contributed by atoms with Crippen LogP contribution in [0.3, 0.4) is 0 Å². The summed E-state index contributed by atoms with van der Waals surface area (Å²) in [6.07, 6.45) is 1.71. The molecule has 1 amide bonds. The quantitative estimate of drug-likeness (QED) is 0.449. The Hall–Kier alpha value is -2.56. The van der Waals surface area contributed by atoms with E-state index in [-0.39, 0.29) is 12.3 Å². The van der Waals surface area contributed by atoms with Gasteiger partial charge in [0.25, 0.3) is 0 Å². The van der Waals surface area contributed by atoms with Gasteiger partial charge in [-0.1, -0.05) is 47.5 Å². The number of aryl methyl sites for hydroxylation is 2. The summed E-state index contributed by atoms with van der Waals surface area (Å²) in [5.74, 6) is 0.872. The largest absolute Gasteiger partial charge is 0.455 e. The molecule has 2 aromatic carbocycles. The van der Waals surface area contributed by atoms with E-state index < -0.39 is 0 Å². The van der Waals surface area contributed by atoms with Crippen molar-refractivity contribution in [3.05, 3.63) is 81.0 Å². The minimum atomic E-state index is -0.195. The molecule has 0 bridgehead atoms. The molecule has 6 heteroatoms. The van der Waals surface area contributed by atoms with Crippen LogP contribution < -0.4 is 5.43 Å². The van der Waals surface area contributed by atoms with Gasteiger partial charge in [-0.2, -0.15) is 5.10 Å². The molecular formula is C21H18Cl2N2O2. The zero-order valence-electron chi connectivity index (χ0n) is 14.9. The molecule has 0 spiro atoms. The highest BCUT2D eigenvalue weighted by Gasteiger charge is 2.10. The predicted molar refractivity (Wildman–Crippen MR) is 110 cm³/mol. The first kappa shape index (κ1) is 19.2. The molecule has 3 rings (SSSR count). The minimum absolute atomic E-state index is 0.195. The van der Waals surface area contributed by atoms with Gasteiger partial charge in [-0.15, -0.1) is 0 Å². The van der Waals surface area contributed by atoms with E-state index in [1.54, 1.807) is 24.3 Å². The number of hydrazone groups is 1. The van der Waals surface area contributed by atoms with E-state index in [1.165, 1.54) is 11.8 Å². The van der Waals surface area contributed by atoms with E-state index in [0.29, 0.717) is 27.1 Å². The lowest BCUT2D eigenvalue weighted by atomic mass is 10.0. The number of carbonyl (C=O) groups excluding carboxylic acids is 1. The summed E-state index contributed by atoms with van der Waals surface area (Å²) in [4.78, 5) is 12.0. The molecule has 0 saturated carbocycles. The van der Waals surface area contributed by atoms with Gasteiger partial charge in [-0.25, -0.2) is 5.43 Å². The standard InChI is InChI=1S/C21H18Cl2N2O2/c1-13-6-7-15(10-14(13)2)11-20(26)25-24-12-16-8-9-19(27-16)17-4-3-5-18(22)21(17)23/h3-10,12H,11H2,1-2H3,(H,25,26)/b24-12-. The first-order valence-corrected chi connectivity index (χ1v) is 9.12. The number of halogens is 2. The number of furan rings is 1. The molecule has 0 aliphatic carbocycles. The maximum atomic E-state index is 12.0. The monoisotopic (exact) mass is 400 g/mol. The number of nitrogens with one attached hydrogen (secondary N) is 1. The van der Waals surface area contributed by atoms with Crippen molar-refractivity contribution in [1.29, 1.82) is 0 Å². The van der Waals surface area contributed by atoms with Gasteiger partial charge in [-0.05, 0) is 54.8 Å². The van der Waals surface area contributed by atoms with E-state index in [2.05, 4.69) is 10.5 Å². The number of rotatable bonds is 5. The van der Waals surface area contributed by atoms with Crippen molar-refractivity contribution >= 4 is 35.3 Å². The van der Waals surface area contributed by atoms with Gasteiger partial charge in [-0.3, -0.25) is 4.79 Å². The van der Waals surface area contributed by atoms with Crippen LogP contribution in [-0.2, 0) is 11.2 Å². The van der Waals surface area contributed by atoms with E-state index in [0.717, 1.165) is 11.1 Å². The van der Waals surface area contributed by atoms with Crippen LogP contribution in [0.2, 0.25) is 10.0 Å². The normalized spacial score (nSPS) is 11.1. The molecule has 1 N–H and O–H groups in total. The fourth-order valence-electron chi connectivity index (χ4n) is 2.57. The van der Waals surface area contributed by atoms with Crippen LogP contribution in [0, 0.1) is 13.8 Å². The van der Waals surface area contributed by atoms with Gasteiger partial charge in [0, 0.05) is 5.56 Å². The Kier molecular flexibility index (Phi) is 5.99. The predicted octanol–water partition coefficient (Wildman–Crippen LogP) is 5.56. The molecule has 0 fully saturated rings. The summed E-state index contributed by atoms with van der Waals surface area (Å²) >= 11 is 12.2. The minimum Gasteiger partial charge on any atom is -0.455 e. The Labute approximate surface area is 167 Å². The molecule has 1 heterocycles. The number of benzene rings is 2. The van der Waals surface area contributed by atoms with Gasteiger partial charge in [0.1, 0.15) is 11.5 Å². The van der Waals surface area contributed by atoms with Gasteiger partial charge in [0.15, 0.2) is 0 Å². The van der Waals surface area contributed by atoms with Crippen LogP contribution in [-0.4, -0.2) is 12.1 Å². The number of carbonyl (C=O) groups is 1. The molecule has 0 atom stereocenters. The van der Waals surface area contributed by atoms with Crippen LogP contribution in [0.1, 0.15) is 22.5 Å². The van der Waals surface area contributed by atoms with Crippen molar-refractivity contribution in [3.8, 4) is 11.3 Å². The summed E-state index contributed by atoms with van der Waals surface area (Å²) < 4.78 is 5.69. The zero-order valence-corrected chi connectivity index (χ0v) is 16.4. The molecule has 138 valence electrons. The molecule has 0 unspecified atom stereocenters. The SMILES string of the molecule is Cc1ccc(CC(=O)N/N=C\c2ccc(-c3cccc(Cl)c3Cl)o2)cc1C. The smallest absolute Gasteiger partial charge is 0.244 e. The Morgan fingerprint density at radius 2 is 1.93 bits per heavy atom. The third kappa shape index (κ3) is 4.79. The number of amides is 1. The van der Waals surface area contributed by atoms with Crippen molar-refractivity contribution in [2.75, 3.05) is 0 Å². The molecule has 0 radical (unpaired) electrons. The maximum absolute atomic E-state index is 12.0. The average Bonchev–Trinajstić information content (AvgIpc) is 3.09. The summed E-state index contributed by atoms with van der Waals surface area (Å²) in [6, 6.07) is 14.8. The number of nitrogens with zero attached hydrogens (tertiary/aromatic N) is 1.